The summed E-state index contributed by atoms with van der Waals surface area (Å²) in [4.78, 5) is 0. The van der Waals surface area contributed by atoms with E-state index in [1.807, 2.05) is 0 Å². The van der Waals surface area contributed by atoms with Crippen molar-refractivity contribution in [2.75, 3.05) is 6.61 Å². The van der Waals surface area contributed by atoms with Crippen molar-refractivity contribution in [1.82, 2.24) is 0 Å². The molecule has 1 heterocycles. The summed E-state index contributed by atoms with van der Waals surface area (Å²) in [5, 5.41) is 0. The first-order valence-electron chi connectivity index (χ1n) is 4.62. The molecule has 2 rings (SSSR count). The lowest BCUT2D eigenvalue weighted by atomic mass is 9.83. The molecule has 1 nitrogen and oxygen atoms in total. The predicted octanol–water partition coefficient (Wildman–Crippen LogP) is 2.58. The lowest BCUT2D eigenvalue weighted by molar-refractivity contribution is 0.240. The summed E-state index contributed by atoms with van der Waals surface area (Å²) in [6.45, 7) is 5.51. The van der Waals surface area contributed by atoms with Gasteiger partial charge in [0.05, 0.1) is 12.4 Å². The first kappa shape index (κ1) is 7.20. The van der Waals surface area contributed by atoms with Crippen LogP contribution in [0.2, 0.25) is 0 Å². The monoisotopic (exact) mass is 152 g/mol. The Labute approximate surface area is 68.4 Å². The second-order valence-corrected chi connectivity index (χ2v) is 4.02. The van der Waals surface area contributed by atoms with Crippen LogP contribution in [-0.2, 0) is 4.74 Å². The fraction of sp³-hybridized carbons (Fsp3) is 0.800. The van der Waals surface area contributed by atoms with Gasteiger partial charge in [-0.25, -0.2) is 0 Å². The standard InChI is InChI=1S/C10H16O/c1-7-3-4-9-8(2)6-11-10(9)5-7/h5,7-9H,3-4,6H2,1-2H3. The normalized spacial score (nSPS) is 42.7. The molecule has 3 atom stereocenters. The van der Waals surface area contributed by atoms with Gasteiger partial charge in [0.25, 0.3) is 0 Å². The van der Waals surface area contributed by atoms with Crippen LogP contribution in [0.4, 0.5) is 0 Å². The average molecular weight is 152 g/mol. The molecule has 11 heavy (non-hydrogen) atoms. The average Bonchev–Trinajstić information content (AvgIpc) is 2.32. The van der Waals surface area contributed by atoms with Gasteiger partial charge < -0.3 is 4.74 Å². The van der Waals surface area contributed by atoms with E-state index in [9.17, 15) is 0 Å². The first-order chi connectivity index (χ1) is 5.27. The highest BCUT2D eigenvalue weighted by atomic mass is 16.5. The van der Waals surface area contributed by atoms with Gasteiger partial charge in [-0.3, -0.25) is 0 Å². The van der Waals surface area contributed by atoms with Gasteiger partial charge in [0, 0.05) is 5.92 Å². The Bertz CT molecular complexity index is 183. The van der Waals surface area contributed by atoms with E-state index in [-0.39, 0.29) is 0 Å². The van der Waals surface area contributed by atoms with Gasteiger partial charge in [0.15, 0.2) is 0 Å². The summed E-state index contributed by atoms with van der Waals surface area (Å²) in [6, 6.07) is 0. The molecule has 0 aromatic carbocycles. The zero-order chi connectivity index (χ0) is 7.84. The third kappa shape index (κ3) is 1.17. The zero-order valence-electron chi connectivity index (χ0n) is 7.34. The Morgan fingerprint density at radius 2 is 2.18 bits per heavy atom. The molecule has 0 saturated carbocycles. The molecule has 3 unspecified atom stereocenters. The molecule has 1 heteroatoms. The van der Waals surface area contributed by atoms with Crippen molar-refractivity contribution in [2.45, 2.75) is 26.7 Å². The minimum Gasteiger partial charge on any atom is -0.498 e. The summed E-state index contributed by atoms with van der Waals surface area (Å²) in [6.07, 6.45) is 5.01. The molecule has 1 saturated heterocycles. The molecule has 2 aliphatic rings. The van der Waals surface area contributed by atoms with E-state index in [4.69, 9.17) is 4.74 Å². The Morgan fingerprint density at radius 3 is 3.00 bits per heavy atom. The molecule has 1 aliphatic heterocycles. The SMILES string of the molecule is CC1C=C2OCC(C)C2CC1. The van der Waals surface area contributed by atoms with Crippen LogP contribution >= 0.6 is 0 Å². The second-order valence-electron chi connectivity index (χ2n) is 4.02. The molecule has 0 spiro atoms. The van der Waals surface area contributed by atoms with Crippen LogP contribution in [0, 0.1) is 17.8 Å². The molecule has 0 aromatic rings. The molecule has 0 aromatic heterocycles. The number of ether oxygens (including phenoxy) is 1. The predicted molar refractivity (Wildman–Crippen MR) is 45.1 cm³/mol. The van der Waals surface area contributed by atoms with Crippen molar-refractivity contribution in [1.29, 1.82) is 0 Å². The highest BCUT2D eigenvalue weighted by molar-refractivity contribution is 5.09. The molecular weight excluding hydrogens is 136 g/mol. The van der Waals surface area contributed by atoms with Crippen LogP contribution in [0.15, 0.2) is 11.8 Å². The third-order valence-corrected chi connectivity index (χ3v) is 2.95. The number of hydrogen-bond donors (Lipinski definition) is 0. The van der Waals surface area contributed by atoms with Gasteiger partial charge in [0.2, 0.25) is 0 Å². The van der Waals surface area contributed by atoms with Crippen molar-refractivity contribution in [2.24, 2.45) is 17.8 Å². The molecule has 62 valence electrons. The van der Waals surface area contributed by atoms with Crippen LogP contribution in [0.5, 0.6) is 0 Å². The van der Waals surface area contributed by atoms with Crippen LogP contribution in [0.25, 0.3) is 0 Å². The molecule has 0 bridgehead atoms. The quantitative estimate of drug-likeness (QED) is 0.518. The fourth-order valence-corrected chi connectivity index (χ4v) is 2.14. The van der Waals surface area contributed by atoms with Gasteiger partial charge in [-0.1, -0.05) is 13.8 Å². The van der Waals surface area contributed by atoms with Crippen LogP contribution in [-0.4, -0.2) is 6.61 Å². The summed E-state index contributed by atoms with van der Waals surface area (Å²) in [5.74, 6) is 3.54. The Kier molecular flexibility index (Phi) is 1.67. The van der Waals surface area contributed by atoms with Gasteiger partial charge >= 0.3 is 0 Å². The van der Waals surface area contributed by atoms with Crippen LogP contribution < -0.4 is 0 Å². The highest BCUT2D eigenvalue weighted by Gasteiger charge is 2.32. The van der Waals surface area contributed by atoms with Crippen molar-refractivity contribution >= 4 is 0 Å². The first-order valence-corrected chi connectivity index (χ1v) is 4.62. The lowest BCUT2D eigenvalue weighted by Crippen LogP contribution is -2.13. The topological polar surface area (TPSA) is 9.23 Å². The minimum atomic E-state index is 0.742. The third-order valence-electron chi connectivity index (χ3n) is 2.95. The Morgan fingerprint density at radius 1 is 1.36 bits per heavy atom. The second kappa shape index (κ2) is 2.54. The molecular formula is C10H16O. The van der Waals surface area contributed by atoms with Gasteiger partial charge in [-0.05, 0) is 30.8 Å². The molecule has 0 N–H and O–H groups in total. The number of allylic oxidation sites excluding steroid dienone is 2. The largest absolute Gasteiger partial charge is 0.498 e. The maximum atomic E-state index is 5.60. The summed E-state index contributed by atoms with van der Waals surface area (Å²) < 4.78 is 5.60. The van der Waals surface area contributed by atoms with E-state index in [0.717, 1.165) is 24.4 Å². The van der Waals surface area contributed by atoms with Gasteiger partial charge in [-0.15, -0.1) is 0 Å². The van der Waals surface area contributed by atoms with Crippen molar-refractivity contribution in [3.8, 4) is 0 Å². The summed E-state index contributed by atoms with van der Waals surface area (Å²) in [5.41, 5.74) is 0. The van der Waals surface area contributed by atoms with E-state index in [0.29, 0.717) is 0 Å². The molecule has 1 fully saturated rings. The van der Waals surface area contributed by atoms with Crippen molar-refractivity contribution in [3.63, 3.8) is 0 Å². The van der Waals surface area contributed by atoms with E-state index >= 15 is 0 Å². The molecule has 0 amide bonds. The summed E-state index contributed by atoms with van der Waals surface area (Å²) in [7, 11) is 0. The highest BCUT2D eigenvalue weighted by Crippen LogP contribution is 2.38. The van der Waals surface area contributed by atoms with E-state index in [1.54, 1.807) is 0 Å². The zero-order valence-corrected chi connectivity index (χ0v) is 7.34. The van der Waals surface area contributed by atoms with E-state index < -0.39 is 0 Å². The van der Waals surface area contributed by atoms with E-state index in [1.165, 1.54) is 18.6 Å². The van der Waals surface area contributed by atoms with Crippen molar-refractivity contribution in [3.05, 3.63) is 11.8 Å². The maximum absolute atomic E-state index is 5.60. The Balaban J connectivity index is 2.18. The number of hydrogen-bond acceptors (Lipinski definition) is 1. The number of rotatable bonds is 0. The summed E-state index contributed by atoms with van der Waals surface area (Å²) >= 11 is 0. The molecule has 0 radical (unpaired) electrons. The van der Waals surface area contributed by atoms with Gasteiger partial charge in [0.1, 0.15) is 0 Å². The Hall–Kier alpha value is -0.460. The van der Waals surface area contributed by atoms with Gasteiger partial charge in [-0.2, -0.15) is 0 Å². The van der Waals surface area contributed by atoms with E-state index in [2.05, 4.69) is 19.9 Å². The minimum absolute atomic E-state index is 0.742. The van der Waals surface area contributed by atoms with Crippen LogP contribution in [0.1, 0.15) is 26.7 Å². The fourth-order valence-electron chi connectivity index (χ4n) is 2.14. The number of fused-ring (bicyclic) bond motifs is 1. The lowest BCUT2D eigenvalue weighted by Gasteiger charge is -2.21. The molecule has 1 aliphatic carbocycles. The smallest absolute Gasteiger partial charge is 0.0957 e. The maximum Gasteiger partial charge on any atom is 0.0957 e. The van der Waals surface area contributed by atoms with Crippen molar-refractivity contribution < 1.29 is 4.74 Å². The van der Waals surface area contributed by atoms with Crippen LogP contribution in [0.3, 0.4) is 0 Å².